The van der Waals surface area contributed by atoms with Gasteiger partial charge in [-0.15, -0.1) is 0 Å². The largest absolute Gasteiger partial charge is 0.488 e. The molecule has 1 unspecified atom stereocenters. The average molecular weight is 298 g/mol. The van der Waals surface area contributed by atoms with E-state index in [0.29, 0.717) is 6.10 Å². The molecule has 1 aromatic rings. The summed E-state index contributed by atoms with van der Waals surface area (Å²) in [6.07, 6.45) is 5.19. The molecule has 1 aliphatic heterocycles. The van der Waals surface area contributed by atoms with Gasteiger partial charge in [-0.3, -0.25) is 0 Å². The van der Waals surface area contributed by atoms with Gasteiger partial charge >= 0.3 is 0 Å². The lowest BCUT2D eigenvalue weighted by atomic mass is 10.1. The first-order valence-electron chi connectivity index (χ1n) is 6.41. The molecule has 1 aliphatic rings. The highest BCUT2D eigenvalue weighted by molar-refractivity contribution is 9.09. The van der Waals surface area contributed by atoms with Gasteiger partial charge in [0.05, 0.1) is 0 Å². The molecular weight excluding hydrogens is 278 g/mol. The Hall–Kier alpha value is -0.540. The number of alkyl halides is 1. The van der Waals surface area contributed by atoms with Crippen molar-refractivity contribution in [1.29, 1.82) is 0 Å². The highest BCUT2D eigenvalue weighted by Crippen LogP contribution is 2.27. The molecule has 0 fully saturated rings. The summed E-state index contributed by atoms with van der Waals surface area (Å²) in [7, 11) is 0. The molecule has 17 heavy (non-hydrogen) atoms. The van der Waals surface area contributed by atoms with Crippen LogP contribution in [0.15, 0.2) is 24.3 Å². The van der Waals surface area contributed by atoms with E-state index in [4.69, 9.17) is 4.74 Å². The first-order chi connectivity index (χ1) is 8.40. The van der Waals surface area contributed by atoms with Crippen LogP contribution in [-0.2, 0) is 6.42 Å². The standard InChI is InChI=1S/C14H20BrNO/c15-8-4-1-5-9-16-11-13-10-12-6-2-3-7-14(12)17-13/h2-3,6-7,13,16H,1,4-5,8-11H2. The lowest BCUT2D eigenvalue weighted by molar-refractivity contribution is 0.227. The summed E-state index contributed by atoms with van der Waals surface area (Å²) < 4.78 is 5.86. The topological polar surface area (TPSA) is 21.3 Å². The molecule has 0 spiro atoms. The summed E-state index contributed by atoms with van der Waals surface area (Å²) in [6.45, 7) is 2.06. The molecule has 0 aliphatic carbocycles. The van der Waals surface area contributed by atoms with Crippen LogP contribution < -0.4 is 10.1 Å². The minimum atomic E-state index is 0.323. The van der Waals surface area contributed by atoms with E-state index in [1.165, 1.54) is 24.8 Å². The number of ether oxygens (including phenoxy) is 1. The Labute approximate surface area is 112 Å². The number of benzene rings is 1. The maximum atomic E-state index is 5.86. The van der Waals surface area contributed by atoms with Crippen molar-refractivity contribution < 1.29 is 4.74 Å². The van der Waals surface area contributed by atoms with Gasteiger partial charge in [-0.2, -0.15) is 0 Å². The van der Waals surface area contributed by atoms with Crippen LogP contribution in [0, 0.1) is 0 Å². The van der Waals surface area contributed by atoms with E-state index in [9.17, 15) is 0 Å². The number of fused-ring (bicyclic) bond motifs is 1. The molecule has 2 rings (SSSR count). The van der Waals surface area contributed by atoms with Gasteiger partial charge < -0.3 is 10.1 Å². The van der Waals surface area contributed by atoms with Crippen LogP contribution in [0.4, 0.5) is 0 Å². The summed E-state index contributed by atoms with van der Waals surface area (Å²) in [4.78, 5) is 0. The fourth-order valence-corrected chi connectivity index (χ4v) is 2.55. The van der Waals surface area contributed by atoms with Gasteiger partial charge in [0.2, 0.25) is 0 Å². The molecule has 1 aromatic carbocycles. The fourth-order valence-electron chi connectivity index (χ4n) is 2.15. The third-order valence-electron chi connectivity index (χ3n) is 3.07. The maximum absolute atomic E-state index is 5.86. The molecule has 1 atom stereocenters. The molecule has 94 valence electrons. The Bertz CT molecular complexity index is 318. The number of hydrogen-bond acceptors (Lipinski definition) is 2. The van der Waals surface area contributed by atoms with Crippen molar-refractivity contribution in [2.24, 2.45) is 0 Å². The summed E-state index contributed by atoms with van der Waals surface area (Å²) >= 11 is 3.45. The second-order valence-corrected chi connectivity index (χ2v) is 5.30. The zero-order chi connectivity index (χ0) is 11.9. The van der Waals surface area contributed by atoms with Crippen LogP contribution in [-0.4, -0.2) is 24.5 Å². The first kappa shape index (κ1) is 12.9. The van der Waals surface area contributed by atoms with Crippen molar-refractivity contribution in [3.05, 3.63) is 29.8 Å². The molecule has 1 heterocycles. The van der Waals surface area contributed by atoms with Gasteiger partial charge in [-0.1, -0.05) is 40.5 Å². The zero-order valence-electron chi connectivity index (χ0n) is 10.1. The van der Waals surface area contributed by atoms with Crippen molar-refractivity contribution >= 4 is 15.9 Å². The second kappa shape index (κ2) is 7.02. The number of halogens is 1. The number of hydrogen-bond donors (Lipinski definition) is 1. The van der Waals surface area contributed by atoms with Crippen LogP contribution in [0.1, 0.15) is 24.8 Å². The second-order valence-electron chi connectivity index (χ2n) is 4.51. The van der Waals surface area contributed by atoms with Crippen molar-refractivity contribution in [3.8, 4) is 5.75 Å². The van der Waals surface area contributed by atoms with E-state index < -0.39 is 0 Å². The Kier molecular flexibility index (Phi) is 5.33. The van der Waals surface area contributed by atoms with Gasteiger partial charge in [0.15, 0.2) is 0 Å². The maximum Gasteiger partial charge on any atom is 0.123 e. The molecular formula is C14H20BrNO. The minimum Gasteiger partial charge on any atom is -0.488 e. The quantitative estimate of drug-likeness (QED) is 0.617. The molecule has 0 saturated heterocycles. The Morgan fingerprint density at radius 1 is 1.24 bits per heavy atom. The van der Waals surface area contributed by atoms with Crippen LogP contribution in [0.5, 0.6) is 5.75 Å². The third kappa shape index (κ3) is 4.00. The minimum absolute atomic E-state index is 0.323. The number of rotatable bonds is 7. The van der Waals surface area contributed by atoms with E-state index in [0.717, 1.165) is 30.6 Å². The normalized spacial score (nSPS) is 17.8. The summed E-state index contributed by atoms with van der Waals surface area (Å²) in [5.74, 6) is 1.07. The van der Waals surface area contributed by atoms with Gasteiger partial charge in [-0.25, -0.2) is 0 Å². The van der Waals surface area contributed by atoms with Crippen LogP contribution in [0.2, 0.25) is 0 Å². The smallest absolute Gasteiger partial charge is 0.123 e. The molecule has 0 bridgehead atoms. The van der Waals surface area contributed by atoms with Gasteiger partial charge in [0.25, 0.3) is 0 Å². The SMILES string of the molecule is BrCCCCCNCC1Cc2ccccc2O1. The Morgan fingerprint density at radius 3 is 2.94 bits per heavy atom. The van der Waals surface area contributed by atoms with E-state index in [2.05, 4.69) is 39.4 Å². The Morgan fingerprint density at radius 2 is 2.12 bits per heavy atom. The molecule has 0 radical (unpaired) electrons. The zero-order valence-corrected chi connectivity index (χ0v) is 11.7. The van der Waals surface area contributed by atoms with Gasteiger partial charge in [0.1, 0.15) is 11.9 Å². The number of nitrogens with one attached hydrogen (secondary N) is 1. The average Bonchev–Trinajstić information content (AvgIpc) is 2.76. The number of unbranched alkanes of at least 4 members (excludes halogenated alkanes) is 2. The van der Waals surface area contributed by atoms with Gasteiger partial charge in [0, 0.05) is 18.3 Å². The summed E-state index contributed by atoms with van der Waals surface area (Å²) in [5.41, 5.74) is 1.35. The lowest BCUT2D eigenvalue weighted by Crippen LogP contribution is -2.30. The summed E-state index contributed by atoms with van der Waals surface area (Å²) in [6, 6.07) is 8.34. The molecule has 1 N–H and O–H groups in total. The summed E-state index contributed by atoms with van der Waals surface area (Å²) in [5, 5.41) is 4.60. The van der Waals surface area contributed by atoms with E-state index in [-0.39, 0.29) is 0 Å². The molecule has 0 saturated carbocycles. The predicted molar refractivity (Wildman–Crippen MR) is 75.1 cm³/mol. The van der Waals surface area contributed by atoms with Gasteiger partial charge in [-0.05, 0) is 31.0 Å². The highest BCUT2D eigenvalue weighted by Gasteiger charge is 2.21. The van der Waals surface area contributed by atoms with Crippen molar-refractivity contribution in [3.63, 3.8) is 0 Å². The lowest BCUT2D eigenvalue weighted by Gasteiger charge is -2.11. The van der Waals surface area contributed by atoms with E-state index in [1.54, 1.807) is 0 Å². The fraction of sp³-hybridized carbons (Fsp3) is 0.571. The Balaban J connectivity index is 1.60. The van der Waals surface area contributed by atoms with Crippen LogP contribution >= 0.6 is 15.9 Å². The van der Waals surface area contributed by atoms with Crippen LogP contribution in [0.25, 0.3) is 0 Å². The van der Waals surface area contributed by atoms with Crippen molar-refractivity contribution in [2.75, 3.05) is 18.4 Å². The molecule has 2 nitrogen and oxygen atoms in total. The third-order valence-corrected chi connectivity index (χ3v) is 3.63. The molecule has 0 amide bonds. The van der Waals surface area contributed by atoms with E-state index >= 15 is 0 Å². The predicted octanol–water partition coefficient (Wildman–Crippen LogP) is 3.14. The monoisotopic (exact) mass is 297 g/mol. The highest BCUT2D eigenvalue weighted by atomic mass is 79.9. The molecule has 3 heteroatoms. The van der Waals surface area contributed by atoms with Crippen LogP contribution in [0.3, 0.4) is 0 Å². The molecule has 0 aromatic heterocycles. The number of para-hydroxylation sites is 1. The first-order valence-corrected chi connectivity index (χ1v) is 7.53. The van der Waals surface area contributed by atoms with E-state index in [1.807, 2.05) is 6.07 Å². The van der Waals surface area contributed by atoms with Crippen molar-refractivity contribution in [2.45, 2.75) is 31.8 Å². The van der Waals surface area contributed by atoms with Crippen molar-refractivity contribution in [1.82, 2.24) is 5.32 Å².